The average Bonchev–Trinajstić information content (AvgIpc) is 2.14. The molecular formula is C9H17N3O2S. The summed E-state index contributed by atoms with van der Waals surface area (Å²) in [6.07, 6.45) is 2.07. The highest BCUT2D eigenvalue weighted by Crippen LogP contribution is 1.93. The second-order valence-electron chi connectivity index (χ2n) is 2.86. The van der Waals surface area contributed by atoms with E-state index >= 15 is 0 Å². The summed E-state index contributed by atoms with van der Waals surface area (Å²) in [4.78, 5) is 14.8. The van der Waals surface area contributed by atoms with E-state index in [2.05, 4.69) is 22.0 Å². The van der Waals surface area contributed by atoms with E-state index in [1.807, 2.05) is 0 Å². The van der Waals surface area contributed by atoms with Crippen LogP contribution in [0.1, 0.15) is 33.1 Å². The molecule has 0 aromatic heterocycles. The standard InChI is InChI=1S/C9H17N3O2S/c1-3-5-6-7(10)11-8(15)12-9(13)14-4-2/h3-6H2,1-2H3,(H3,10,11,12,13,15). The number of amidine groups is 1. The number of amides is 1. The molecule has 0 rings (SSSR count). The van der Waals surface area contributed by atoms with Crippen LogP contribution in [0.2, 0.25) is 0 Å². The largest absolute Gasteiger partial charge is 0.450 e. The van der Waals surface area contributed by atoms with E-state index in [0.29, 0.717) is 18.9 Å². The molecule has 0 aliphatic carbocycles. The van der Waals surface area contributed by atoms with Gasteiger partial charge in [0.15, 0.2) is 0 Å². The summed E-state index contributed by atoms with van der Waals surface area (Å²) >= 11 is 4.79. The summed E-state index contributed by atoms with van der Waals surface area (Å²) in [5.74, 6) is 0.429. The van der Waals surface area contributed by atoms with E-state index < -0.39 is 6.09 Å². The van der Waals surface area contributed by atoms with Gasteiger partial charge in [0.25, 0.3) is 0 Å². The quantitative estimate of drug-likeness (QED) is 0.437. The number of nitrogens with two attached hydrogens (primary N) is 1. The smallest absolute Gasteiger partial charge is 0.413 e. The Balaban J connectivity index is 3.95. The maximum atomic E-state index is 10.9. The van der Waals surface area contributed by atoms with Crippen LogP contribution < -0.4 is 11.1 Å². The Morgan fingerprint density at radius 3 is 2.73 bits per heavy atom. The van der Waals surface area contributed by atoms with Gasteiger partial charge in [0.1, 0.15) is 5.84 Å². The number of thiocarbonyl (C=S) groups is 1. The molecule has 0 fully saturated rings. The Bertz CT molecular complexity index is 254. The van der Waals surface area contributed by atoms with Gasteiger partial charge < -0.3 is 10.5 Å². The van der Waals surface area contributed by atoms with E-state index in [0.717, 1.165) is 12.8 Å². The van der Waals surface area contributed by atoms with E-state index in [-0.39, 0.29) is 5.11 Å². The summed E-state index contributed by atoms with van der Waals surface area (Å²) in [7, 11) is 0. The molecule has 15 heavy (non-hydrogen) atoms. The zero-order valence-electron chi connectivity index (χ0n) is 9.08. The van der Waals surface area contributed by atoms with Gasteiger partial charge in [-0.25, -0.2) is 9.79 Å². The number of nitrogens with zero attached hydrogens (tertiary/aromatic N) is 1. The minimum Gasteiger partial charge on any atom is -0.450 e. The Morgan fingerprint density at radius 1 is 1.53 bits per heavy atom. The molecule has 0 aromatic carbocycles. The lowest BCUT2D eigenvalue weighted by Gasteiger charge is -2.03. The molecule has 3 N–H and O–H groups in total. The molecule has 0 unspecified atom stereocenters. The number of nitrogens with one attached hydrogen (secondary N) is 1. The number of carbonyl (C=O) groups excluding carboxylic acids is 1. The average molecular weight is 231 g/mol. The van der Waals surface area contributed by atoms with Crippen molar-refractivity contribution < 1.29 is 9.53 Å². The second-order valence-corrected chi connectivity index (χ2v) is 3.24. The van der Waals surface area contributed by atoms with Crippen LogP contribution in [-0.2, 0) is 4.74 Å². The molecule has 6 heteroatoms. The molecule has 0 saturated carbocycles. The topological polar surface area (TPSA) is 76.7 Å². The van der Waals surface area contributed by atoms with Crippen molar-refractivity contribution in [3.63, 3.8) is 0 Å². The zero-order chi connectivity index (χ0) is 11.7. The van der Waals surface area contributed by atoms with Crippen LogP contribution >= 0.6 is 12.2 Å². The lowest BCUT2D eigenvalue weighted by Crippen LogP contribution is -2.30. The number of ether oxygens (including phenoxy) is 1. The SMILES string of the molecule is CCCC/C(N)=N\C(=S)NC(=O)OCC. The molecule has 0 spiro atoms. The predicted molar refractivity (Wildman–Crippen MR) is 63.9 cm³/mol. The number of rotatable bonds is 4. The molecular weight excluding hydrogens is 214 g/mol. The van der Waals surface area contributed by atoms with Gasteiger partial charge in [-0.3, -0.25) is 5.32 Å². The summed E-state index contributed by atoms with van der Waals surface area (Å²) in [5.41, 5.74) is 5.58. The van der Waals surface area contributed by atoms with Crippen LogP contribution in [0.25, 0.3) is 0 Å². The molecule has 0 aromatic rings. The predicted octanol–water partition coefficient (Wildman–Crippen LogP) is 1.56. The van der Waals surface area contributed by atoms with Crippen molar-refractivity contribution in [2.75, 3.05) is 6.61 Å². The van der Waals surface area contributed by atoms with Crippen LogP contribution in [-0.4, -0.2) is 23.6 Å². The maximum Gasteiger partial charge on any atom is 0.413 e. The monoisotopic (exact) mass is 231 g/mol. The molecule has 0 radical (unpaired) electrons. The zero-order valence-corrected chi connectivity index (χ0v) is 9.89. The Labute approximate surface area is 95.1 Å². The van der Waals surface area contributed by atoms with Crippen LogP contribution in [0, 0.1) is 0 Å². The van der Waals surface area contributed by atoms with E-state index in [9.17, 15) is 4.79 Å². The normalized spacial score (nSPS) is 10.9. The molecule has 5 nitrogen and oxygen atoms in total. The second kappa shape index (κ2) is 8.16. The van der Waals surface area contributed by atoms with E-state index in [1.165, 1.54) is 0 Å². The number of aliphatic imine (C=N–C) groups is 1. The Kier molecular flexibility index (Phi) is 7.53. The van der Waals surface area contributed by atoms with Crippen LogP contribution in [0.15, 0.2) is 4.99 Å². The first-order chi connectivity index (χ1) is 7.10. The van der Waals surface area contributed by atoms with E-state index in [1.54, 1.807) is 6.92 Å². The van der Waals surface area contributed by atoms with Gasteiger partial charge in [-0.1, -0.05) is 13.3 Å². The third-order valence-electron chi connectivity index (χ3n) is 1.52. The van der Waals surface area contributed by atoms with Crippen molar-refractivity contribution in [3.05, 3.63) is 0 Å². The number of alkyl carbamates (subject to hydrolysis) is 1. The summed E-state index contributed by atoms with van der Waals surface area (Å²) < 4.78 is 4.63. The van der Waals surface area contributed by atoms with Crippen molar-refractivity contribution in [3.8, 4) is 0 Å². The highest BCUT2D eigenvalue weighted by Gasteiger charge is 2.03. The first kappa shape index (κ1) is 13.8. The van der Waals surface area contributed by atoms with Gasteiger partial charge in [0.2, 0.25) is 5.11 Å². The van der Waals surface area contributed by atoms with Crippen molar-refractivity contribution in [1.29, 1.82) is 0 Å². The van der Waals surface area contributed by atoms with Gasteiger partial charge in [0.05, 0.1) is 6.61 Å². The Morgan fingerprint density at radius 2 is 2.20 bits per heavy atom. The van der Waals surface area contributed by atoms with Gasteiger partial charge in [0, 0.05) is 6.42 Å². The number of carbonyl (C=O) groups is 1. The number of hydrogen-bond acceptors (Lipinski definition) is 3. The summed E-state index contributed by atoms with van der Waals surface area (Å²) in [5, 5.41) is 2.33. The van der Waals surface area contributed by atoms with Crippen molar-refractivity contribution in [1.82, 2.24) is 5.32 Å². The van der Waals surface area contributed by atoms with Crippen molar-refractivity contribution >= 4 is 29.3 Å². The fourth-order valence-corrected chi connectivity index (χ4v) is 1.03. The lowest BCUT2D eigenvalue weighted by atomic mass is 10.2. The maximum absolute atomic E-state index is 10.9. The molecule has 0 saturated heterocycles. The molecule has 1 amide bonds. The molecule has 0 heterocycles. The van der Waals surface area contributed by atoms with Crippen LogP contribution in [0.5, 0.6) is 0 Å². The highest BCUT2D eigenvalue weighted by atomic mass is 32.1. The third-order valence-corrected chi connectivity index (χ3v) is 1.71. The minimum atomic E-state index is -0.602. The number of unbranched alkanes of at least 4 members (excludes halogenated alkanes) is 1. The van der Waals surface area contributed by atoms with Gasteiger partial charge in [-0.2, -0.15) is 0 Å². The minimum absolute atomic E-state index is 0.0436. The van der Waals surface area contributed by atoms with Gasteiger partial charge in [-0.15, -0.1) is 0 Å². The lowest BCUT2D eigenvalue weighted by molar-refractivity contribution is 0.158. The fourth-order valence-electron chi connectivity index (χ4n) is 0.827. The third kappa shape index (κ3) is 7.87. The molecule has 0 aliphatic rings. The van der Waals surface area contributed by atoms with Crippen LogP contribution in [0.4, 0.5) is 4.79 Å². The van der Waals surface area contributed by atoms with Gasteiger partial charge >= 0.3 is 6.09 Å². The number of hydrogen-bond donors (Lipinski definition) is 2. The van der Waals surface area contributed by atoms with Crippen LogP contribution in [0.3, 0.4) is 0 Å². The molecule has 0 atom stereocenters. The summed E-state index contributed by atoms with van der Waals surface area (Å²) in [6.45, 7) is 4.06. The molecule has 0 aliphatic heterocycles. The summed E-state index contributed by atoms with van der Waals surface area (Å²) in [6, 6.07) is 0. The van der Waals surface area contributed by atoms with Crippen molar-refractivity contribution in [2.24, 2.45) is 10.7 Å². The first-order valence-corrected chi connectivity index (χ1v) is 5.31. The highest BCUT2D eigenvalue weighted by molar-refractivity contribution is 7.80. The fraction of sp³-hybridized carbons (Fsp3) is 0.667. The Hall–Kier alpha value is -1.17. The molecule has 0 bridgehead atoms. The van der Waals surface area contributed by atoms with Gasteiger partial charge in [-0.05, 0) is 25.6 Å². The van der Waals surface area contributed by atoms with E-state index in [4.69, 9.17) is 18.0 Å². The first-order valence-electron chi connectivity index (χ1n) is 4.90. The molecule has 86 valence electrons. The van der Waals surface area contributed by atoms with Crippen molar-refractivity contribution in [2.45, 2.75) is 33.1 Å².